The van der Waals surface area contributed by atoms with E-state index in [0.717, 1.165) is 34.8 Å². The zero-order valence-electron chi connectivity index (χ0n) is 10.7. The van der Waals surface area contributed by atoms with Crippen molar-refractivity contribution in [1.29, 1.82) is 0 Å². The molecule has 0 aliphatic carbocycles. The normalized spacial score (nSPS) is 15.8. The predicted molar refractivity (Wildman–Crippen MR) is 85.3 cm³/mol. The average Bonchev–Trinajstić information content (AvgIpc) is 2.98. The van der Waals surface area contributed by atoms with Crippen LogP contribution >= 0.6 is 27.3 Å². The van der Waals surface area contributed by atoms with Gasteiger partial charge in [0, 0.05) is 31.7 Å². The summed E-state index contributed by atoms with van der Waals surface area (Å²) in [5.74, 6) is 0.661. The third-order valence-corrected chi connectivity index (χ3v) is 5.06. The number of rotatable bonds is 3. The van der Waals surface area contributed by atoms with Gasteiger partial charge in [0.05, 0.1) is 20.9 Å². The molecule has 3 aromatic rings. The number of halogens is 1. The summed E-state index contributed by atoms with van der Waals surface area (Å²) in [6, 6.07) is 8.32. The Bertz CT molecular complexity index is 711. The minimum Gasteiger partial charge on any atom is -0.347 e. The van der Waals surface area contributed by atoms with E-state index in [4.69, 9.17) is 4.98 Å². The number of hydrogen-bond donors (Lipinski definition) is 0. The molecule has 4 nitrogen and oxygen atoms in total. The van der Waals surface area contributed by atoms with Gasteiger partial charge < -0.3 is 4.90 Å². The van der Waals surface area contributed by atoms with Crippen LogP contribution in [0.1, 0.15) is 0 Å². The highest BCUT2D eigenvalue weighted by Gasteiger charge is 2.29. The van der Waals surface area contributed by atoms with Gasteiger partial charge >= 0.3 is 0 Å². The number of thiazole rings is 1. The average molecular weight is 349 g/mol. The molecule has 0 saturated carbocycles. The first-order valence-corrected chi connectivity index (χ1v) is 8.17. The Morgan fingerprint density at radius 3 is 2.90 bits per heavy atom. The van der Waals surface area contributed by atoms with Crippen molar-refractivity contribution in [3.63, 3.8) is 0 Å². The molecular formula is C14H13BrN4S. The van der Waals surface area contributed by atoms with Crippen LogP contribution in [0.3, 0.4) is 0 Å². The van der Waals surface area contributed by atoms with Crippen LogP contribution in [0.2, 0.25) is 0 Å². The number of fused-ring (bicyclic) bond motifs is 1. The van der Waals surface area contributed by atoms with E-state index < -0.39 is 0 Å². The fourth-order valence-electron chi connectivity index (χ4n) is 2.54. The van der Waals surface area contributed by atoms with Crippen molar-refractivity contribution < 1.29 is 0 Å². The molecule has 102 valence electrons. The van der Waals surface area contributed by atoms with Crippen LogP contribution in [0.25, 0.3) is 10.2 Å². The van der Waals surface area contributed by atoms with Crippen molar-refractivity contribution in [3.05, 3.63) is 41.1 Å². The van der Waals surface area contributed by atoms with Crippen LogP contribution in [0.4, 0.5) is 5.13 Å². The van der Waals surface area contributed by atoms with Gasteiger partial charge in [-0.25, -0.2) is 4.98 Å². The lowest BCUT2D eigenvalue weighted by Crippen LogP contribution is -2.48. The zero-order chi connectivity index (χ0) is 13.5. The minimum absolute atomic E-state index is 0.661. The Kier molecular flexibility index (Phi) is 3.00. The standard InChI is InChI=1S/C14H13BrN4S/c15-11-5-16-19(9-11)8-10-6-18(7-10)14-17-12-3-1-2-4-13(12)20-14/h1-5,9-10H,6-8H2. The highest BCUT2D eigenvalue weighted by atomic mass is 79.9. The van der Waals surface area contributed by atoms with Crippen molar-refractivity contribution in [2.24, 2.45) is 5.92 Å². The molecule has 0 bridgehead atoms. The summed E-state index contributed by atoms with van der Waals surface area (Å²) >= 11 is 5.21. The van der Waals surface area contributed by atoms with E-state index in [1.807, 2.05) is 23.1 Å². The maximum absolute atomic E-state index is 4.69. The number of aromatic nitrogens is 3. The van der Waals surface area contributed by atoms with Crippen LogP contribution in [-0.4, -0.2) is 27.9 Å². The first-order chi connectivity index (χ1) is 9.78. The molecule has 1 aromatic carbocycles. The second-order valence-electron chi connectivity index (χ2n) is 5.12. The third-order valence-electron chi connectivity index (χ3n) is 3.56. The lowest BCUT2D eigenvalue weighted by Gasteiger charge is -2.39. The summed E-state index contributed by atoms with van der Waals surface area (Å²) in [7, 11) is 0. The van der Waals surface area contributed by atoms with E-state index in [0.29, 0.717) is 5.92 Å². The van der Waals surface area contributed by atoms with E-state index in [9.17, 15) is 0 Å². The fraction of sp³-hybridized carbons (Fsp3) is 0.286. The largest absolute Gasteiger partial charge is 0.347 e. The van der Waals surface area contributed by atoms with Gasteiger partial charge in [0.25, 0.3) is 0 Å². The molecule has 0 unspecified atom stereocenters. The molecule has 0 radical (unpaired) electrons. The van der Waals surface area contributed by atoms with Gasteiger partial charge in [0.15, 0.2) is 5.13 Å². The summed E-state index contributed by atoms with van der Waals surface area (Å²) in [6.45, 7) is 3.11. The first-order valence-electron chi connectivity index (χ1n) is 6.56. The number of anilines is 1. The van der Waals surface area contributed by atoms with Gasteiger partial charge in [0.1, 0.15) is 0 Å². The molecule has 6 heteroatoms. The number of hydrogen-bond acceptors (Lipinski definition) is 4. The van der Waals surface area contributed by atoms with Gasteiger partial charge in [0.2, 0.25) is 0 Å². The van der Waals surface area contributed by atoms with E-state index in [-0.39, 0.29) is 0 Å². The van der Waals surface area contributed by atoms with Crippen molar-refractivity contribution in [2.75, 3.05) is 18.0 Å². The van der Waals surface area contributed by atoms with Crippen molar-refractivity contribution in [3.8, 4) is 0 Å². The molecule has 0 atom stereocenters. The Morgan fingerprint density at radius 2 is 2.15 bits per heavy atom. The highest BCUT2D eigenvalue weighted by molar-refractivity contribution is 9.10. The van der Waals surface area contributed by atoms with E-state index in [1.54, 1.807) is 11.3 Å². The lowest BCUT2D eigenvalue weighted by atomic mass is 10.0. The zero-order valence-corrected chi connectivity index (χ0v) is 13.1. The molecule has 1 saturated heterocycles. The molecule has 0 N–H and O–H groups in total. The lowest BCUT2D eigenvalue weighted by molar-refractivity contribution is 0.342. The molecule has 0 spiro atoms. The molecule has 3 heterocycles. The summed E-state index contributed by atoms with van der Waals surface area (Å²) in [5.41, 5.74) is 1.10. The molecule has 1 aliphatic heterocycles. The summed E-state index contributed by atoms with van der Waals surface area (Å²) in [4.78, 5) is 7.05. The number of para-hydroxylation sites is 1. The second-order valence-corrected chi connectivity index (χ2v) is 7.04. The molecule has 1 aliphatic rings. The van der Waals surface area contributed by atoms with Crippen LogP contribution < -0.4 is 4.90 Å². The van der Waals surface area contributed by atoms with Crippen LogP contribution in [-0.2, 0) is 6.54 Å². The summed E-state index contributed by atoms with van der Waals surface area (Å²) in [5, 5.41) is 5.45. The SMILES string of the molecule is Brc1cnn(CC2CN(c3nc4ccccc4s3)C2)c1. The first kappa shape index (κ1) is 12.3. The maximum atomic E-state index is 4.69. The van der Waals surface area contributed by atoms with Gasteiger partial charge in [-0.1, -0.05) is 23.5 Å². The monoisotopic (exact) mass is 348 g/mol. The fourth-order valence-corrected chi connectivity index (χ4v) is 3.85. The van der Waals surface area contributed by atoms with Gasteiger partial charge in [-0.15, -0.1) is 0 Å². The van der Waals surface area contributed by atoms with Crippen LogP contribution in [0.15, 0.2) is 41.1 Å². The highest BCUT2D eigenvalue weighted by Crippen LogP contribution is 2.33. The van der Waals surface area contributed by atoms with Crippen molar-refractivity contribution >= 4 is 42.6 Å². The van der Waals surface area contributed by atoms with E-state index in [1.165, 1.54) is 4.70 Å². The van der Waals surface area contributed by atoms with Crippen molar-refractivity contribution in [1.82, 2.24) is 14.8 Å². The van der Waals surface area contributed by atoms with E-state index in [2.05, 4.69) is 44.1 Å². The number of nitrogens with zero attached hydrogens (tertiary/aromatic N) is 4. The summed E-state index contributed by atoms with van der Waals surface area (Å²) < 4.78 is 4.31. The summed E-state index contributed by atoms with van der Waals surface area (Å²) in [6.07, 6.45) is 3.87. The molecule has 20 heavy (non-hydrogen) atoms. The molecule has 4 rings (SSSR count). The number of benzene rings is 1. The molecular weight excluding hydrogens is 336 g/mol. The van der Waals surface area contributed by atoms with Crippen LogP contribution in [0.5, 0.6) is 0 Å². The quantitative estimate of drug-likeness (QED) is 0.727. The van der Waals surface area contributed by atoms with Crippen LogP contribution in [0, 0.1) is 5.92 Å². The third kappa shape index (κ3) is 2.23. The molecule has 2 aromatic heterocycles. The van der Waals surface area contributed by atoms with Gasteiger partial charge in [-0.05, 0) is 28.1 Å². The Balaban J connectivity index is 1.43. The smallest absolute Gasteiger partial charge is 0.186 e. The second kappa shape index (κ2) is 4.86. The topological polar surface area (TPSA) is 34.0 Å². The Labute approximate surface area is 129 Å². The Morgan fingerprint density at radius 1 is 1.30 bits per heavy atom. The van der Waals surface area contributed by atoms with E-state index >= 15 is 0 Å². The maximum Gasteiger partial charge on any atom is 0.186 e. The predicted octanol–water partition coefficient (Wildman–Crippen LogP) is 3.39. The minimum atomic E-state index is 0.661. The Hall–Kier alpha value is -1.40. The van der Waals surface area contributed by atoms with Crippen molar-refractivity contribution in [2.45, 2.75) is 6.54 Å². The van der Waals surface area contributed by atoms with Gasteiger partial charge in [-0.3, -0.25) is 4.68 Å². The molecule has 1 fully saturated rings. The van der Waals surface area contributed by atoms with Gasteiger partial charge in [-0.2, -0.15) is 5.10 Å². The molecule has 0 amide bonds.